The smallest absolute Gasteiger partial charge is 0.168 e. The average Bonchev–Trinajstić information content (AvgIpc) is 2.68. The molecule has 2 rings (SSSR count). The van der Waals surface area contributed by atoms with Crippen molar-refractivity contribution in [3.05, 3.63) is 12.7 Å². The largest absolute Gasteiger partial charge is 0.348 e. The highest BCUT2D eigenvalue weighted by atomic mass is 16.7. The highest BCUT2D eigenvalue weighted by molar-refractivity contribution is 4.88. The fraction of sp³-hybridized carbons (Fsp3) is 0.833. The van der Waals surface area contributed by atoms with Crippen molar-refractivity contribution in [2.45, 2.75) is 43.9 Å². The monoisotopic (exact) mass is 211 g/mol. The molecule has 2 N–H and O–H groups in total. The molecule has 1 aliphatic heterocycles. The van der Waals surface area contributed by atoms with Crippen LogP contribution < -0.4 is 5.73 Å². The molecule has 1 heterocycles. The molecular weight excluding hydrogens is 190 g/mol. The summed E-state index contributed by atoms with van der Waals surface area (Å²) in [6.07, 6.45) is 7.08. The van der Waals surface area contributed by atoms with Crippen molar-refractivity contribution in [3.8, 4) is 0 Å². The van der Waals surface area contributed by atoms with E-state index in [0.29, 0.717) is 5.92 Å². The quantitative estimate of drug-likeness (QED) is 0.724. The van der Waals surface area contributed by atoms with Crippen molar-refractivity contribution in [1.82, 2.24) is 0 Å². The molecule has 0 amide bonds. The van der Waals surface area contributed by atoms with Crippen LogP contribution in [0.2, 0.25) is 0 Å². The topological polar surface area (TPSA) is 44.5 Å². The van der Waals surface area contributed by atoms with E-state index in [-0.39, 0.29) is 11.8 Å². The van der Waals surface area contributed by atoms with Crippen LogP contribution in [0.1, 0.15) is 32.1 Å². The summed E-state index contributed by atoms with van der Waals surface area (Å²) in [6.45, 7) is 5.24. The van der Waals surface area contributed by atoms with E-state index in [9.17, 15) is 0 Å². The zero-order valence-corrected chi connectivity index (χ0v) is 9.28. The highest BCUT2D eigenvalue weighted by Crippen LogP contribution is 2.39. The maximum absolute atomic E-state index is 6.09. The third-order valence-electron chi connectivity index (χ3n) is 3.65. The van der Waals surface area contributed by atoms with Crippen LogP contribution in [-0.4, -0.2) is 25.0 Å². The maximum atomic E-state index is 6.09. The number of nitrogens with two attached hydrogens (primary N) is 1. The third kappa shape index (κ3) is 2.41. The summed E-state index contributed by atoms with van der Waals surface area (Å²) < 4.78 is 11.4. The fourth-order valence-electron chi connectivity index (χ4n) is 2.68. The van der Waals surface area contributed by atoms with Gasteiger partial charge in [0.05, 0.1) is 13.2 Å². The van der Waals surface area contributed by atoms with E-state index < -0.39 is 0 Å². The van der Waals surface area contributed by atoms with Crippen molar-refractivity contribution in [2.75, 3.05) is 13.2 Å². The van der Waals surface area contributed by atoms with Gasteiger partial charge in [0.25, 0.3) is 0 Å². The first kappa shape index (κ1) is 11.1. The van der Waals surface area contributed by atoms with Crippen molar-refractivity contribution in [1.29, 1.82) is 0 Å². The first-order chi connectivity index (χ1) is 7.26. The van der Waals surface area contributed by atoms with E-state index >= 15 is 0 Å². The van der Waals surface area contributed by atoms with Crippen LogP contribution in [0.15, 0.2) is 12.7 Å². The Morgan fingerprint density at radius 1 is 1.33 bits per heavy atom. The molecule has 2 aliphatic rings. The average molecular weight is 211 g/mol. The predicted molar refractivity (Wildman–Crippen MR) is 59.4 cm³/mol. The van der Waals surface area contributed by atoms with E-state index in [0.717, 1.165) is 45.3 Å². The highest BCUT2D eigenvalue weighted by Gasteiger charge is 2.41. The lowest BCUT2D eigenvalue weighted by atomic mass is 9.80. The Morgan fingerprint density at radius 2 is 1.93 bits per heavy atom. The van der Waals surface area contributed by atoms with Gasteiger partial charge in [-0.3, -0.25) is 0 Å². The van der Waals surface area contributed by atoms with E-state index in [1.54, 1.807) is 0 Å². The second-order valence-electron chi connectivity index (χ2n) is 4.63. The van der Waals surface area contributed by atoms with Gasteiger partial charge in [-0.2, -0.15) is 0 Å². The summed E-state index contributed by atoms with van der Waals surface area (Å²) in [5.74, 6) is 0.367. The Labute approximate surface area is 91.6 Å². The number of hydrogen-bond donors (Lipinski definition) is 1. The summed E-state index contributed by atoms with van der Waals surface area (Å²) in [7, 11) is 0. The van der Waals surface area contributed by atoms with Crippen LogP contribution >= 0.6 is 0 Å². The summed E-state index contributed by atoms with van der Waals surface area (Å²) in [6, 6.07) is 0.265. The molecule has 86 valence electrons. The predicted octanol–water partition coefficient (Wildman–Crippen LogP) is 1.82. The van der Waals surface area contributed by atoms with Gasteiger partial charge in [-0.1, -0.05) is 6.08 Å². The van der Waals surface area contributed by atoms with Gasteiger partial charge in [0.2, 0.25) is 0 Å². The zero-order valence-electron chi connectivity index (χ0n) is 9.28. The summed E-state index contributed by atoms with van der Waals surface area (Å²) in [4.78, 5) is 0. The second-order valence-corrected chi connectivity index (χ2v) is 4.63. The molecule has 1 unspecified atom stereocenters. The van der Waals surface area contributed by atoms with Crippen LogP contribution in [0.25, 0.3) is 0 Å². The van der Waals surface area contributed by atoms with Gasteiger partial charge < -0.3 is 15.2 Å². The summed E-state index contributed by atoms with van der Waals surface area (Å²) in [5, 5.41) is 0. The molecule has 3 nitrogen and oxygen atoms in total. The molecule has 1 spiro atoms. The van der Waals surface area contributed by atoms with Crippen LogP contribution in [0.3, 0.4) is 0 Å². The van der Waals surface area contributed by atoms with Crippen LogP contribution in [0.4, 0.5) is 0 Å². The van der Waals surface area contributed by atoms with Gasteiger partial charge in [-0.15, -0.1) is 6.58 Å². The lowest BCUT2D eigenvalue weighted by Crippen LogP contribution is -2.40. The van der Waals surface area contributed by atoms with Gasteiger partial charge in [-0.05, 0) is 25.2 Å². The van der Waals surface area contributed by atoms with E-state index in [4.69, 9.17) is 15.2 Å². The number of hydrogen-bond acceptors (Lipinski definition) is 3. The fourth-order valence-corrected chi connectivity index (χ4v) is 2.68. The Morgan fingerprint density at radius 3 is 2.47 bits per heavy atom. The minimum Gasteiger partial charge on any atom is -0.348 e. The van der Waals surface area contributed by atoms with Crippen molar-refractivity contribution < 1.29 is 9.47 Å². The molecule has 0 bridgehead atoms. The Kier molecular flexibility index (Phi) is 3.44. The molecule has 3 heteroatoms. The molecule has 1 atom stereocenters. The molecule has 0 radical (unpaired) electrons. The van der Waals surface area contributed by atoms with Gasteiger partial charge >= 0.3 is 0 Å². The first-order valence-corrected chi connectivity index (χ1v) is 5.90. The normalized spacial score (nSPS) is 28.1. The van der Waals surface area contributed by atoms with Crippen LogP contribution in [0, 0.1) is 5.92 Å². The molecule has 2 fully saturated rings. The van der Waals surface area contributed by atoms with Gasteiger partial charge in [0.1, 0.15) is 0 Å². The summed E-state index contributed by atoms with van der Waals surface area (Å²) >= 11 is 0. The minimum atomic E-state index is -0.246. The molecular formula is C12H21NO2. The van der Waals surface area contributed by atoms with E-state index in [1.165, 1.54) is 0 Å². The molecule has 0 aromatic rings. The first-order valence-electron chi connectivity index (χ1n) is 5.90. The Balaban J connectivity index is 1.83. The molecule has 1 aliphatic carbocycles. The maximum Gasteiger partial charge on any atom is 0.168 e. The molecule has 1 saturated carbocycles. The number of ether oxygens (including phenoxy) is 2. The molecule has 0 aromatic carbocycles. The van der Waals surface area contributed by atoms with Crippen molar-refractivity contribution in [3.63, 3.8) is 0 Å². The van der Waals surface area contributed by atoms with Gasteiger partial charge in [0, 0.05) is 18.9 Å². The van der Waals surface area contributed by atoms with E-state index in [1.807, 2.05) is 6.08 Å². The standard InChI is InChI=1S/C12H21NO2/c1-2-3-11(13)10-4-6-12(7-5-10)14-8-9-15-12/h2,10-11H,1,3-9,13H2. The SMILES string of the molecule is C=CCC(N)C1CCC2(CC1)OCCO2. The van der Waals surface area contributed by atoms with Gasteiger partial charge in [0.15, 0.2) is 5.79 Å². The third-order valence-corrected chi connectivity index (χ3v) is 3.65. The lowest BCUT2D eigenvalue weighted by Gasteiger charge is -2.37. The van der Waals surface area contributed by atoms with Crippen molar-refractivity contribution >= 4 is 0 Å². The van der Waals surface area contributed by atoms with E-state index in [2.05, 4.69) is 6.58 Å². The van der Waals surface area contributed by atoms with Gasteiger partial charge in [-0.25, -0.2) is 0 Å². The molecule has 0 aromatic heterocycles. The Bertz CT molecular complexity index is 214. The summed E-state index contributed by atoms with van der Waals surface area (Å²) in [5.41, 5.74) is 6.09. The lowest BCUT2D eigenvalue weighted by molar-refractivity contribution is -0.183. The van der Waals surface area contributed by atoms with Crippen LogP contribution in [0.5, 0.6) is 0 Å². The number of rotatable bonds is 3. The zero-order chi connectivity index (χ0) is 10.7. The van der Waals surface area contributed by atoms with Crippen molar-refractivity contribution in [2.24, 2.45) is 11.7 Å². The second kappa shape index (κ2) is 4.64. The van der Waals surface area contributed by atoms with Crippen LogP contribution in [-0.2, 0) is 9.47 Å². The molecule has 1 saturated heterocycles. The minimum absolute atomic E-state index is 0.246. The molecule has 15 heavy (non-hydrogen) atoms. The Hall–Kier alpha value is -0.380.